The van der Waals surface area contributed by atoms with E-state index in [2.05, 4.69) is 19.1 Å². The van der Waals surface area contributed by atoms with E-state index in [1.54, 1.807) is 12.1 Å². The second-order valence-corrected chi connectivity index (χ2v) is 12.7. The van der Waals surface area contributed by atoms with Crippen molar-refractivity contribution in [2.75, 3.05) is 0 Å². The molecule has 0 bridgehead atoms. The molecule has 0 nitrogen and oxygen atoms in total. The molecule has 0 spiro atoms. The Bertz CT molecular complexity index is 1130. The van der Waals surface area contributed by atoms with Gasteiger partial charge in [0.15, 0.2) is 11.6 Å². The van der Waals surface area contributed by atoms with Gasteiger partial charge in [-0.1, -0.05) is 92.5 Å². The van der Waals surface area contributed by atoms with Gasteiger partial charge in [-0.15, -0.1) is 0 Å². The normalized spacial score (nSPS) is 15.2. The average Bonchev–Trinajstić information content (AvgIpc) is 2.88. The lowest BCUT2D eigenvalue weighted by molar-refractivity contribution is 0.437. The van der Waals surface area contributed by atoms with Crippen molar-refractivity contribution in [3.05, 3.63) is 95.8 Å². The van der Waals surface area contributed by atoms with E-state index < -0.39 is 11.6 Å². The molecule has 0 aromatic heterocycles. The summed E-state index contributed by atoms with van der Waals surface area (Å²) in [6.07, 6.45) is 11.8. The van der Waals surface area contributed by atoms with E-state index in [4.69, 9.17) is 0 Å². The lowest BCUT2D eigenvalue weighted by atomic mass is 9.93. The maximum Gasteiger partial charge on any atom is 0.159 e. The van der Waals surface area contributed by atoms with Crippen LogP contribution in [0.2, 0.25) is 18.1 Å². The summed E-state index contributed by atoms with van der Waals surface area (Å²) in [4.78, 5) is 0. The molecule has 1 heterocycles. The van der Waals surface area contributed by atoms with Gasteiger partial charge in [-0.05, 0) is 72.1 Å². The first-order valence-corrected chi connectivity index (χ1v) is 15.0. The van der Waals surface area contributed by atoms with Gasteiger partial charge >= 0.3 is 0 Å². The zero-order valence-corrected chi connectivity index (χ0v) is 21.5. The summed E-state index contributed by atoms with van der Waals surface area (Å²) in [6.45, 7) is 2.19. The van der Waals surface area contributed by atoms with Gasteiger partial charge < -0.3 is 0 Å². The standard InChI is InChI=1S/C31H34F3Si/c1-2-3-4-5-18-35-19-16-23(17-20-35)6-7-24-8-14-28(30(33)21-24)26-11-9-25(10-12-26)27-13-15-29(32)31(34)22-27/h3-4,8-15,21-23H,2,5-7,16-20H2,1H3/b4-3+. The van der Waals surface area contributed by atoms with Crippen molar-refractivity contribution in [2.24, 2.45) is 5.92 Å². The Hall–Kier alpha value is -2.59. The zero-order chi connectivity index (χ0) is 24.6. The molecular formula is C31H34F3Si. The van der Waals surface area contributed by atoms with Crippen molar-refractivity contribution < 1.29 is 13.2 Å². The third-order valence-corrected chi connectivity index (χ3v) is 10.2. The minimum Gasteiger partial charge on any atom is -0.206 e. The monoisotopic (exact) mass is 491 g/mol. The van der Waals surface area contributed by atoms with Crippen LogP contribution >= 0.6 is 0 Å². The SMILES string of the molecule is CC/C=C/CC[Si]1CCC(CCc2ccc(-c3ccc(-c4ccc(F)c(F)c4)cc3)c(F)c2)CC1. The molecule has 0 amide bonds. The predicted molar refractivity (Wildman–Crippen MR) is 142 cm³/mol. The molecule has 0 N–H and O–H groups in total. The molecule has 1 aliphatic heterocycles. The van der Waals surface area contributed by atoms with Crippen LogP contribution < -0.4 is 0 Å². The van der Waals surface area contributed by atoms with Gasteiger partial charge in [0.25, 0.3) is 0 Å². The maximum atomic E-state index is 15.0. The molecule has 3 aromatic carbocycles. The molecule has 0 saturated carbocycles. The number of rotatable bonds is 9. The number of hydrogen-bond acceptors (Lipinski definition) is 0. The number of hydrogen-bond donors (Lipinski definition) is 0. The minimum atomic E-state index is -0.873. The Morgan fingerprint density at radius 1 is 0.771 bits per heavy atom. The van der Waals surface area contributed by atoms with Crippen LogP contribution in [-0.4, -0.2) is 8.80 Å². The number of halogens is 3. The number of aryl methyl sites for hydroxylation is 1. The highest BCUT2D eigenvalue weighted by Crippen LogP contribution is 2.32. The van der Waals surface area contributed by atoms with Crippen LogP contribution in [0.25, 0.3) is 22.3 Å². The second kappa shape index (κ2) is 12.4. The molecule has 4 heteroatoms. The van der Waals surface area contributed by atoms with Crippen LogP contribution in [0.3, 0.4) is 0 Å². The first-order chi connectivity index (χ1) is 17.0. The lowest BCUT2D eigenvalue weighted by Crippen LogP contribution is -2.21. The summed E-state index contributed by atoms with van der Waals surface area (Å²) in [5.41, 5.74) is 3.75. The first kappa shape index (κ1) is 25.5. The minimum absolute atomic E-state index is 0.157. The molecule has 1 aliphatic rings. The van der Waals surface area contributed by atoms with Gasteiger partial charge in [0, 0.05) is 14.4 Å². The van der Waals surface area contributed by atoms with E-state index in [0.29, 0.717) is 11.1 Å². The highest BCUT2D eigenvalue weighted by atomic mass is 28.3. The van der Waals surface area contributed by atoms with E-state index in [9.17, 15) is 13.2 Å². The van der Waals surface area contributed by atoms with Crippen LogP contribution in [0.4, 0.5) is 13.2 Å². The van der Waals surface area contributed by atoms with E-state index in [1.807, 2.05) is 36.4 Å². The van der Waals surface area contributed by atoms with Crippen molar-refractivity contribution in [1.82, 2.24) is 0 Å². The Kier molecular flexibility index (Phi) is 9.03. The van der Waals surface area contributed by atoms with Crippen molar-refractivity contribution in [1.29, 1.82) is 0 Å². The quantitative estimate of drug-likeness (QED) is 0.206. The van der Waals surface area contributed by atoms with Crippen molar-refractivity contribution >= 4 is 8.80 Å². The molecule has 1 radical (unpaired) electrons. The molecule has 1 saturated heterocycles. The molecule has 0 unspecified atom stereocenters. The fourth-order valence-electron chi connectivity index (χ4n) is 5.03. The van der Waals surface area contributed by atoms with Gasteiger partial charge in [-0.2, -0.15) is 0 Å². The fourth-order valence-corrected chi connectivity index (χ4v) is 7.99. The Balaban J connectivity index is 1.30. The molecule has 35 heavy (non-hydrogen) atoms. The smallest absolute Gasteiger partial charge is 0.159 e. The van der Waals surface area contributed by atoms with Crippen LogP contribution in [0.1, 0.15) is 44.6 Å². The van der Waals surface area contributed by atoms with E-state index >= 15 is 0 Å². The highest BCUT2D eigenvalue weighted by Gasteiger charge is 2.21. The van der Waals surface area contributed by atoms with Crippen LogP contribution in [-0.2, 0) is 6.42 Å². The number of benzene rings is 3. The predicted octanol–water partition coefficient (Wildman–Crippen LogP) is 9.63. The third kappa shape index (κ3) is 6.97. The lowest BCUT2D eigenvalue weighted by Gasteiger charge is -2.27. The summed E-state index contributed by atoms with van der Waals surface area (Å²) in [6, 6.07) is 21.0. The van der Waals surface area contributed by atoms with E-state index in [-0.39, 0.29) is 14.6 Å². The largest absolute Gasteiger partial charge is 0.206 e. The molecule has 1 fully saturated rings. The van der Waals surface area contributed by atoms with Gasteiger partial charge in [-0.25, -0.2) is 13.2 Å². The summed E-state index contributed by atoms with van der Waals surface area (Å²) < 4.78 is 41.7. The molecular weight excluding hydrogens is 457 g/mol. The summed E-state index contributed by atoms with van der Waals surface area (Å²) in [5.74, 6) is -1.17. The van der Waals surface area contributed by atoms with Gasteiger partial charge in [0.2, 0.25) is 0 Å². The Morgan fingerprint density at radius 3 is 2.17 bits per heavy atom. The van der Waals surface area contributed by atoms with Crippen LogP contribution in [0, 0.1) is 23.4 Å². The number of allylic oxidation sites excluding steroid dienone is 2. The van der Waals surface area contributed by atoms with Crippen molar-refractivity contribution in [3.8, 4) is 22.3 Å². The molecule has 183 valence electrons. The van der Waals surface area contributed by atoms with Gasteiger partial charge in [0.05, 0.1) is 0 Å². The van der Waals surface area contributed by atoms with Crippen LogP contribution in [0.15, 0.2) is 72.8 Å². The highest BCUT2D eigenvalue weighted by molar-refractivity contribution is 6.59. The molecule has 3 aromatic rings. The van der Waals surface area contributed by atoms with Gasteiger partial charge in [-0.3, -0.25) is 0 Å². The van der Waals surface area contributed by atoms with E-state index in [0.717, 1.165) is 47.9 Å². The third-order valence-electron chi connectivity index (χ3n) is 7.20. The summed E-state index contributed by atoms with van der Waals surface area (Å²) in [5, 5.41) is 0. The van der Waals surface area contributed by atoms with Crippen LogP contribution in [0.5, 0.6) is 0 Å². The first-order valence-electron chi connectivity index (χ1n) is 12.9. The maximum absolute atomic E-state index is 15.0. The average molecular weight is 492 g/mol. The van der Waals surface area contributed by atoms with E-state index in [1.165, 1.54) is 43.5 Å². The summed E-state index contributed by atoms with van der Waals surface area (Å²) in [7, 11) is -0.157. The van der Waals surface area contributed by atoms with Crippen molar-refractivity contribution in [3.63, 3.8) is 0 Å². The van der Waals surface area contributed by atoms with Gasteiger partial charge in [0.1, 0.15) is 5.82 Å². The Labute approximate surface area is 209 Å². The molecule has 4 rings (SSSR count). The summed E-state index contributed by atoms with van der Waals surface area (Å²) >= 11 is 0. The Morgan fingerprint density at radius 2 is 1.49 bits per heavy atom. The topological polar surface area (TPSA) is 0 Å². The molecule has 0 aliphatic carbocycles. The molecule has 0 atom stereocenters. The van der Waals surface area contributed by atoms with Crippen molar-refractivity contribution in [2.45, 2.75) is 63.6 Å². The second-order valence-electron chi connectivity index (χ2n) is 9.67. The fraction of sp³-hybridized carbons (Fsp3) is 0.355. The zero-order valence-electron chi connectivity index (χ0n) is 20.5.